The van der Waals surface area contributed by atoms with Gasteiger partial charge in [0, 0.05) is 44.2 Å². The van der Waals surface area contributed by atoms with E-state index in [1.165, 1.54) is 24.3 Å². The number of benzene rings is 1. The van der Waals surface area contributed by atoms with Crippen molar-refractivity contribution in [2.24, 2.45) is 0 Å². The summed E-state index contributed by atoms with van der Waals surface area (Å²) in [5.41, 5.74) is 0.562. The van der Waals surface area contributed by atoms with Crippen molar-refractivity contribution in [1.29, 1.82) is 0 Å². The maximum Gasteiger partial charge on any atom is 0.317 e. The summed E-state index contributed by atoms with van der Waals surface area (Å²) in [6.07, 6.45) is 1.23. The van der Waals surface area contributed by atoms with Crippen LogP contribution in [0.1, 0.15) is 37.0 Å². The van der Waals surface area contributed by atoms with E-state index in [0.29, 0.717) is 25.1 Å². The highest BCUT2D eigenvalue weighted by molar-refractivity contribution is 5.95. The topological polar surface area (TPSA) is 52.7 Å². The molecule has 0 bridgehead atoms. The lowest BCUT2D eigenvalue weighted by molar-refractivity contribution is 0.0968. The van der Waals surface area contributed by atoms with Gasteiger partial charge in [-0.1, -0.05) is 0 Å². The second kappa shape index (κ2) is 8.78. The molecule has 0 spiro atoms. The van der Waals surface area contributed by atoms with Gasteiger partial charge in [-0.2, -0.15) is 0 Å². The lowest BCUT2D eigenvalue weighted by atomic mass is 10.1. The zero-order valence-corrected chi connectivity index (χ0v) is 14.4. The van der Waals surface area contributed by atoms with E-state index in [9.17, 15) is 14.0 Å². The first kappa shape index (κ1) is 18.4. The molecule has 5 nitrogen and oxygen atoms in total. The van der Waals surface area contributed by atoms with E-state index in [2.05, 4.69) is 10.2 Å². The lowest BCUT2D eigenvalue weighted by Gasteiger charge is -2.35. The highest BCUT2D eigenvalue weighted by Crippen LogP contribution is 2.09. The smallest absolute Gasteiger partial charge is 0.317 e. The minimum Gasteiger partial charge on any atom is -0.336 e. The monoisotopic (exact) mass is 335 g/mol. The summed E-state index contributed by atoms with van der Waals surface area (Å²) in [5, 5.41) is 2.90. The van der Waals surface area contributed by atoms with Crippen molar-refractivity contribution in [1.82, 2.24) is 15.1 Å². The minimum absolute atomic E-state index is 0.00358. The second-order valence-electron chi connectivity index (χ2n) is 6.47. The number of nitrogens with one attached hydrogen (secondary N) is 1. The van der Waals surface area contributed by atoms with Crippen LogP contribution in [0.3, 0.4) is 0 Å². The number of hydrogen-bond donors (Lipinski definition) is 1. The van der Waals surface area contributed by atoms with Crippen molar-refractivity contribution in [3.05, 3.63) is 35.6 Å². The molecule has 24 heavy (non-hydrogen) atoms. The molecular formula is C18H26FN3O2. The quantitative estimate of drug-likeness (QED) is 0.813. The molecule has 2 amide bonds. The number of ketones is 1. The molecule has 1 N–H and O–H groups in total. The maximum atomic E-state index is 12.9. The number of hydrogen-bond acceptors (Lipinski definition) is 3. The van der Waals surface area contributed by atoms with Gasteiger partial charge in [0.2, 0.25) is 0 Å². The van der Waals surface area contributed by atoms with Gasteiger partial charge in [-0.15, -0.1) is 0 Å². The Morgan fingerprint density at radius 3 is 2.33 bits per heavy atom. The summed E-state index contributed by atoms with van der Waals surface area (Å²) in [4.78, 5) is 28.1. The molecule has 0 unspecified atom stereocenters. The van der Waals surface area contributed by atoms with Crippen molar-refractivity contribution in [3.63, 3.8) is 0 Å². The Morgan fingerprint density at radius 2 is 1.75 bits per heavy atom. The molecule has 1 aliphatic heterocycles. The van der Waals surface area contributed by atoms with E-state index in [0.717, 1.165) is 26.1 Å². The van der Waals surface area contributed by atoms with Crippen LogP contribution in [0.5, 0.6) is 0 Å². The molecule has 2 rings (SSSR count). The number of nitrogens with zero attached hydrogens (tertiary/aromatic N) is 2. The molecule has 1 aromatic rings. The fourth-order valence-electron chi connectivity index (χ4n) is 2.76. The van der Waals surface area contributed by atoms with Crippen LogP contribution >= 0.6 is 0 Å². The van der Waals surface area contributed by atoms with Gasteiger partial charge in [0.25, 0.3) is 0 Å². The van der Waals surface area contributed by atoms with Crippen LogP contribution in [0.15, 0.2) is 24.3 Å². The van der Waals surface area contributed by atoms with Gasteiger partial charge in [-0.25, -0.2) is 9.18 Å². The number of rotatable bonds is 6. The first-order valence-corrected chi connectivity index (χ1v) is 8.52. The Bertz CT molecular complexity index is 552. The number of carbonyl (C=O) groups excluding carboxylic acids is 2. The van der Waals surface area contributed by atoms with Crippen LogP contribution in [-0.2, 0) is 0 Å². The van der Waals surface area contributed by atoms with Crippen molar-refractivity contribution in [2.75, 3.05) is 32.7 Å². The van der Waals surface area contributed by atoms with E-state index in [1.807, 2.05) is 18.7 Å². The van der Waals surface area contributed by atoms with Gasteiger partial charge in [0.15, 0.2) is 5.78 Å². The highest BCUT2D eigenvalue weighted by Gasteiger charge is 2.21. The van der Waals surface area contributed by atoms with Crippen LogP contribution < -0.4 is 5.32 Å². The summed E-state index contributed by atoms with van der Waals surface area (Å²) in [5.74, 6) is -0.282. The van der Waals surface area contributed by atoms with Gasteiger partial charge in [-0.05, 0) is 51.1 Å². The third-order valence-electron chi connectivity index (χ3n) is 4.12. The Hall–Kier alpha value is -1.95. The Kier molecular flexibility index (Phi) is 6.73. The van der Waals surface area contributed by atoms with E-state index in [-0.39, 0.29) is 23.7 Å². The highest BCUT2D eigenvalue weighted by atomic mass is 19.1. The number of carbonyl (C=O) groups is 2. The van der Waals surface area contributed by atoms with Gasteiger partial charge in [-0.3, -0.25) is 9.69 Å². The predicted molar refractivity (Wildman–Crippen MR) is 91.6 cm³/mol. The largest absolute Gasteiger partial charge is 0.336 e. The summed E-state index contributed by atoms with van der Waals surface area (Å²) < 4.78 is 12.9. The Labute approximate surface area is 142 Å². The van der Waals surface area contributed by atoms with Crippen LogP contribution in [0.2, 0.25) is 0 Å². The van der Waals surface area contributed by atoms with Gasteiger partial charge < -0.3 is 10.2 Å². The zero-order chi connectivity index (χ0) is 17.5. The average Bonchev–Trinajstić information content (AvgIpc) is 2.55. The van der Waals surface area contributed by atoms with E-state index >= 15 is 0 Å². The first-order valence-electron chi connectivity index (χ1n) is 8.52. The molecule has 1 fully saturated rings. The molecule has 0 atom stereocenters. The molecule has 6 heteroatoms. The molecule has 0 saturated carbocycles. The van der Waals surface area contributed by atoms with Crippen LogP contribution in [0.4, 0.5) is 9.18 Å². The summed E-state index contributed by atoms with van der Waals surface area (Å²) in [6.45, 7) is 7.83. The van der Waals surface area contributed by atoms with Gasteiger partial charge in [0.05, 0.1) is 0 Å². The molecule has 0 aliphatic carbocycles. The molecule has 1 saturated heterocycles. The van der Waals surface area contributed by atoms with Crippen molar-refractivity contribution < 1.29 is 14.0 Å². The average molecular weight is 335 g/mol. The molecule has 1 aliphatic rings. The summed E-state index contributed by atoms with van der Waals surface area (Å²) in [7, 11) is 0. The van der Waals surface area contributed by atoms with Crippen molar-refractivity contribution in [2.45, 2.75) is 32.7 Å². The third-order valence-corrected chi connectivity index (χ3v) is 4.12. The third kappa shape index (κ3) is 5.60. The zero-order valence-electron chi connectivity index (χ0n) is 14.4. The normalized spacial score (nSPS) is 15.6. The van der Waals surface area contributed by atoms with Crippen molar-refractivity contribution >= 4 is 11.8 Å². The number of halogens is 1. The Balaban J connectivity index is 1.66. The van der Waals surface area contributed by atoms with E-state index in [4.69, 9.17) is 0 Å². The molecule has 132 valence electrons. The molecular weight excluding hydrogens is 309 g/mol. The molecule has 0 radical (unpaired) electrons. The standard InChI is InChI=1S/C18H26FN3O2/c1-14(2)20-18(24)22-12-10-21(11-13-22)9-3-4-17(23)15-5-7-16(19)8-6-15/h5-8,14H,3-4,9-13H2,1-2H3,(H,20,24). The van der Waals surface area contributed by atoms with Gasteiger partial charge >= 0.3 is 6.03 Å². The molecule has 0 aromatic heterocycles. The number of piperazine rings is 1. The van der Waals surface area contributed by atoms with Gasteiger partial charge in [0.1, 0.15) is 5.82 Å². The second-order valence-corrected chi connectivity index (χ2v) is 6.47. The van der Waals surface area contributed by atoms with Crippen LogP contribution in [0.25, 0.3) is 0 Å². The van der Waals surface area contributed by atoms with E-state index in [1.54, 1.807) is 0 Å². The number of urea groups is 1. The van der Waals surface area contributed by atoms with Crippen LogP contribution in [0, 0.1) is 5.82 Å². The fraction of sp³-hybridized carbons (Fsp3) is 0.556. The lowest BCUT2D eigenvalue weighted by Crippen LogP contribution is -2.52. The number of amides is 2. The Morgan fingerprint density at radius 1 is 1.12 bits per heavy atom. The fourth-order valence-corrected chi connectivity index (χ4v) is 2.76. The van der Waals surface area contributed by atoms with Crippen LogP contribution in [-0.4, -0.2) is 60.4 Å². The summed E-state index contributed by atoms with van der Waals surface area (Å²) in [6, 6.07) is 5.83. The SMILES string of the molecule is CC(C)NC(=O)N1CCN(CCCC(=O)c2ccc(F)cc2)CC1. The van der Waals surface area contributed by atoms with E-state index < -0.39 is 0 Å². The maximum absolute atomic E-state index is 12.9. The molecule has 1 heterocycles. The van der Waals surface area contributed by atoms with Crippen molar-refractivity contribution in [3.8, 4) is 0 Å². The number of Topliss-reactive ketones (excluding diaryl/α,β-unsaturated/α-hetero) is 1. The predicted octanol–water partition coefficient (Wildman–Crippen LogP) is 2.52. The first-order chi connectivity index (χ1) is 11.5. The summed E-state index contributed by atoms with van der Waals surface area (Å²) >= 11 is 0. The minimum atomic E-state index is -0.328. The molecule has 1 aromatic carbocycles.